The Morgan fingerprint density at radius 3 is 2.44 bits per heavy atom. The van der Waals surface area contributed by atoms with Gasteiger partial charge in [0.1, 0.15) is 11.9 Å². The SMILES string of the molecule is O=C(NC1CCCCC1)C(c1c(F)cccc1Cl)N(C(=O)c1csnn1)c1cccc(Cl)c1Cl. The lowest BCUT2D eigenvalue weighted by atomic mass is 9.94. The van der Waals surface area contributed by atoms with E-state index in [1.54, 1.807) is 12.1 Å². The van der Waals surface area contributed by atoms with Crippen LogP contribution in [-0.2, 0) is 4.79 Å². The Kier molecular flexibility index (Phi) is 8.03. The van der Waals surface area contributed by atoms with Gasteiger partial charge in [-0.25, -0.2) is 4.39 Å². The minimum atomic E-state index is -1.47. The summed E-state index contributed by atoms with van der Waals surface area (Å²) in [7, 11) is 0. The van der Waals surface area contributed by atoms with Crippen molar-refractivity contribution in [2.24, 2.45) is 0 Å². The van der Waals surface area contributed by atoms with Crippen LogP contribution in [0.15, 0.2) is 41.8 Å². The van der Waals surface area contributed by atoms with Crippen LogP contribution in [0.1, 0.15) is 54.2 Å². The van der Waals surface area contributed by atoms with E-state index in [0.717, 1.165) is 48.5 Å². The monoisotopic (exact) mass is 540 g/mol. The molecule has 1 aliphatic rings. The Labute approximate surface area is 215 Å². The van der Waals surface area contributed by atoms with Gasteiger partial charge in [-0.3, -0.25) is 14.5 Å². The first-order chi connectivity index (χ1) is 16.4. The van der Waals surface area contributed by atoms with Crippen LogP contribution in [-0.4, -0.2) is 27.4 Å². The second kappa shape index (κ2) is 11.0. The number of benzene rings is 2. The van der Waals surface area contributed by atoms with Crippen molar-refractivity contribution in [3.63, 3.8) is 0 Å². The third-order valence-corrected chi connectivity index (χ3v) is 7.36. The molecular formula is C23H20Cl3FN4O2S. The highest BCUT2D eigenvalue weighted by molar-refractivity contribution is 7.03. The molecule has 1 saturated carbocycles. The fourth-order valence-electron chi connectivity index (χ4n) is 4.10. The van der Waals surface area contributed by atoms with Crippen LogP contribution in [0.2, 0.25) is 15.1 Å². The second-order valence-corrected chi connectivity index (χ2v) is 9.72. The zero-order valence-corrected chi connectivity index (χ0v) is 20.9. The van der Waals surface area contributed by atoms with Gasteiger partial charge in [0, 0.05) is 22.0 Å². The molecule has 6 nitrogen and oxygen atoms in total. The Morgan fingerprint density at radius 1 is 1.06 bits per heavy atom. The van der Waals surface area contributed by atoms with Crippen LogP contribution >= 0.6 is 46.3 Å². The molecule has 1 N–H and O–H groups in total. The van der Waals surface area contributed by atoms with Crippen molar-refractivity contribution in [2.75, 3.05) is 4.90 Å². The standard InChI is InChI=1S/C23H20Cl3FN4O2S/c24-14-8-4-10-16(27)19(14)21(22(32)28-13-6-2-1-3-7-13)31(23(33)17-12-34-30-29-17)18-11-5-9-15(25)20(18)26/h4-5,8-13,21H,1-3,6-7H2,(H,28,32). The van der Waals surface area contributed by atoms with Crippen LogP contribution in [0.25, 0.3) is 0 Å². The Morgan fingerprint density at radius 2 is 1.76 bits per heavy atom. The van der Waals surface area contributed by atoms with Crippen LogP contribution in [0.3, 0.4) is 0 Å². The van der Waals surface area contributed by atoms with E-state index in [1.807, 2.05) is 0 Å². The minimum Gasteiger partial charge on any atom is -0.351 e. The van der Waals surface area contributed by atoms with E-state index in [1.165, 1.54) is 29.6 Å². The molecule has 1 fully saturated rings. The number of nitrogens with zero attached hydrogens (tertiary/aromatic N) is 3. The third-order valence-electron chi connectivity index (χ3n) is 5.72. The van der Waals surface area contributed by atoms with Crippen molar-refractivity contribution in [3.8, 4) is 0 Å². The molecule has 0 bridgehead atoms. The van der Waals surface area contributed by atoms with E-state index in [-0.39, 0.29) is 38.1 Å². The van der Waals surface area contributed by atoms with E-state index < -0.39 is 23.7 Å². The first-order valence-electron chi connectivity index (χ1n) is 10.7. The van der Waals surface area contributed by atoms with Crippen LogP contribution < -0.4 is 10.2 Å². The van der Waals surface area contributed by atoms with E-state index in [9.17, 15) is 9.59 Å². The molecule has 0 radical (unpaired) electrons. The van der Waals surface area contributed by atoms with E-state index in [2.05, 4.69) is 14.9 Å². The molecule has 1 aromatic heterocycles. The van der Waals surface area contributed by atoms with Gasteiger partial charge in [0.25, 0.3) is 5.91 Å². The predicted octanol–water partition coefficient (Wildman–Crippen LogP) is 6.47. The molecule has 1 atom stereocenters. The summed E-state index contributed by atoms with van der Waals surface area (Å²) < 4.78 is 19.0. The largest absolute Gasteiger partial charge is 0.351 e. The second-order valence-electron chi connectivity index (χ2n) is 7.92. The summed E-state index contributed by atoms with van der Waals surface area (Å²) >= 11 is 20.1. The summed E-state index contributed by atoms with van der Waals surface area (Å²) in [5.41, 5.74) is -0.0516. The number of aromatic nitrogens is 2. The van der Waals surface area contributed by atoms with Gasteiger partial charge in [0.05, 0.1) is 15.7 Å². The smallest absolute Gasteiger partial charge is 0.280 e. The summed E-state index contributed by atoms with van der Waals surface area (Å²) in [5.74, 6) is -2.00. The summed E-state index contributed by atoms with van der Waals surface area (Å²) in [5, 5.41) is 8.47. The number of carbonyl (C=O) groups is 2. The molecular weight excluding hydrogens is 522 g/mol. The van der Waals surface area contributed by atoms with E-state index in [4.69, 9.17) is 34.8 Å². The number of nitrogens with one attached hydrogen (secondary N) is 1. The van der Waals surface area contributed by atoms with Gasteiger partial charge < -0.3 is 5.32 Å². The number of carbonyl (C=O) groups excluding carboxylic acids is 2. The molecule has 1 heterocycles. The van der Waals surface area contributed by atoms with Crippen molar-refractivity contribution in [1.82, 2.24) is 14.9 Å². The molecule has 4 rings (SSSR count). The number of halogens is 4. The topological polar surface area (TPSA) is 75.2 Å². The lowest BCUT2D eigenvalue weighted by molar-refractivity contribution is -0.123. The van der Waals surface area contributed by atoms with E-state index in [0.29, 0.717) is 0 Å². The fourth-order valence-corrected chi connectivity index (χ4v) is 5.18. The predicted molar refractivity (Wildman–Crippen MR) is 132 cm³/mol. The Hall–Kier alpha value is -2.26. The normalized spacial score (nSPS) is 15.1. The third kappa shape index (κ3) is 5.20. The fraction of sp³-hybridized carbons (Fsp3) is 0.304. The van der Waals surface area contributed by atoms with Gasteiger partial charge in [-0.2, -0.15) is 0 Å². The van der Waals surface area contributed by atoms with Gasteiger partial charge in [0.2, 0.25) is 5.91 Å². The highest BCUT2D eigenvalue weighted by atomic mass is 35.5. The van der Waals surface area contributed by atoms with Gasteiger partial charge in [-0.1, -0.05) is 70.7 Å². The number of hydrogen-bond donors (Lipinski definition) is 1. The molecule has 3 aromatic rings. The van der Waals surface area contributed by atoms with Gasteiger partial charge >= 0.3 is 0 Å². The molecule has 0 saturated heterocycles. The first kappa shape index (κ1) is 24.9. The maximum atomic E-state index is 15.2. The Balaban J connectivity index is 1.89. The molecule has 34 heavy (non-hydrogen) atoms. The first-order valence-corrected chi connectivity index (χ1v) is 12.6. The highest BCUT2D eigenvalue weighted by Crippen LogP contribution is 2.40. The molecule has 1 aliphatic carbocycles. The van der Waals surface area contributed by atoms with Crippen LogP contribution in [0.5, 0.6) is 0 Å². The number of rotatable bonds is 6. The average Bonchev–Trinajstić information content (AvgIpc) is 3.36. The molecule has 178 valence electrons. The lowest BCUT2D eigenvalue weighted by Gasteiger charge is -2.34. The summed E-state index contributed by atoms with van der Waals surface area (Å²) in [6, 6.07) is 7.18. The van der Waals surface area contributed by atoms with Crippen molar-refractivity contribution >= 4 is 63.8 Å². The zero-order valence-electron chi connectivity index (χ0n) is 17.8. The van der Waals surface area contributed by atoms with Crippen molar-refractivity contribution < 1.29 is 14.0 Å². The quantitative estimate of drug-likeness (QED) is 0.388. The van der Waals surface area contributed by atoms with Gasteiger partial charge in [-0.15, -0.1) is 5.10 Å². The highest BCUT2D eigenvalue weighted by Gasteiger charge is 2.39. The summed E-state index contributed by atoms with van der Waals surface area (Å²) in [6.45, 7) is 0. The molecule has 2 amide bonds. The lowest BCUT2D eigenvalue weighted by Crippen LogP contribution is -2.48. The van der Waals surface area contributed by atoms with Crippen LogP contribution in [0, 0.1) is 5.82 Å². The molecule has 0 spiro atoms. The number of anilines is 1. The van der Waals surface area contributed by atoms with Crippen molar-refractivity contribution in [3.05, 3.63) is 73.9 Å². The average molecular weight is 542 g/mol. The van der Waals surface area contributed by atoms with Crippen LogP contribution in [0.4, 0.5) is 10.1 Å². The molecule has 1 unspecified atom stereocenters. The van der Waals surface area contributed by atoms with Crippen molar-refractivity contribution in [2.45, 2.75) is 44.2 Å². The summed E-state index contributed by atoms with van der Waals surface area (Å²) in [6.07, 6.45) is 4.64. The van der Waals surface area contributed by atoms with E-state index >= 15 is 4.39 Å². The zero-order chi connectivity index (χ0) is 24.2. The molecule has 11 heteroatoms. The van der Waals surface area contributed by atoms with Gasteiger partial charge in [-0.05, 0) is 48.6 Å². The van der Waals surface area contributed by atoms with Crippen molar-refractivity contribution in [1.29, 1.82) is 0 Å². The molecule has 2 aromatic carbocycles. The minimum absolute atomic E-state index is 0.00357. The maximum absolute atomic E-state index is 15.2. The summed E-state index contributed by atoms with van der Waals surface area (Å²) in [4.78, 5) is 28.5. The number of amides is 2. The van der Waals surface area contributed by atoms with Gasteiger partial charge in [0.15, 0.2) is 5.69 Å². The Bertz CT molecular complexity index is 1170. The maximum Gasteiger partial charge on any atom is 0.280 e. The number of hydrogen-bond acceptors (Lipinski definition) is 5. The molecule has 0 aliphatic heterocycles.